The van der Waals surface area contributed by atoms with Crippen molar-refractivity contribution in [1.82, 2.24) is 10.3 Å². The highest BCUT2D eigenvalue weighted by molar-refractivity contribution is 6.06. The van der Waals surface area contributed by atoms with Gasteiger partial charge in [0.2, 0.25) is 0 Å². The number of carbonyl (C=O) groups excluding carboxylic acids is 3. The summed E-state index contributed by atoms with van der Waals surface area (Å²) < 4.78 is 33.8. The molecule has 3 aromatic rings. The molecular weight excluding hydrogens is 448 g/mol. The Labute approximate surface area is 193 Å². The molecule has 2 heterocycles. The van der Waals surface area contributed by atoms with Crippen LogP contribution in [0.1, 0.15) is 33.6 Å². The second kappa shape index (κ2) is 10.2. The van der Waals surface area contributed by atoms with Crippen LogP contribution in [0.4, 0.5) is 14.6 Å². The smallest absolute Gasteiger partial charge is 0.387 e. The normalized spacial score (nSPS) is 13.2. The number of hydrogen-bond acceptors (Lipinski definition) is 7. The van der Waals surface area contributed by atoms with E-state index in [4.69, 9.17) is 4.74 Å². The minimum atomic E-state index is -2.99. The first-order valence-corrected chi connectivity index (χ1v) is 10.6. The summed E-state index contributed by atoms with van der Waals surface area (Å²) in [5.41, 5.74) is 1.04. The fourth-order valence-corrected chi connectivity index (χ4v) is 3.66. The summed E-state index contributed by atoms with van der Waals surface area (Å²) in [6.45, 7) is -2.13. The van der Waals surface area contributed by atoms with E-state index in [9.17, 15) is 23.2 Å². The molecule has 1 saturated heterocycles. The molecule has 0 atom stereocenters. The van der Waals surface area contributed by atoms with Crippen LogP contribution in [0.2, 0.25) is 0 Å². The molecule has 2 amide bonds. The number of ether oxygens (including phenoxy) is 2. The third kappa shape index (κ3) is 5.45. The van der Waals surface area contributed by atoms with E-state index in [1.54, 1.807) is 6.07 Å². The van der Waals surface area contributed by atoms with Crippen molar-refractivity contribution < 1.29 is 32.6 Å². The second-order valence-corrected chi connectivity index (χ2v) is 7.60. The zero-order valence-electron chi connectivity index (χ0n) is 18.0. The summed E-state index contributed by atoms with van der Waals surface area (Å²) >= 11 is 0. The number of amides is 2. The fraction of sp³-hybridized carbons (Fsp3) is 0.250. The topological polar surface area (TPSA) is 97.8 Å². The zero-order valence-corrected chi connectivity index (χ0v) is 18.0. The number of aromatic nitrogens is 1. The van der Waals surface area contributed by atoms with E-state index in [0.717, 1.165) is 36.8 Å². The van der Waals surface area contributed by atoms with Crippen molar-refractivity contribution in [2.24, 2.45) is 0 Å². The lowest BCUT2D eigenvalue weighted by atomic mass is 10.1. The number of nitrogens with zero attached hydrogens (tertiary/aromatic N) is 2. The lowest BCUT2D eigenvalue weighted by molar-refractivity contribution is -0.123. The highest BCUT2D eigenvalue weighted by Crippen LogP contribution is 2.27. The van der Waals surface area contributed by atoms with E-state index in [2.05, 4.69) is 15.0 Å². The van der Waals surface area contributed by atoms with Crippen molar-refractivity contribution in [2.75, 3.05) is 24.6 Å². The highest BCUT2D eigenvalue weighted by atomic mass is 19.3. The molecule has 1 aliphatic heterocycles. The van der Waals surface area contributed by atoms with Crippen molar-refractivity contribution in [3.8, 4) is 5.75 Å². The number of imide groups is 1. The van der Waals surface area contributed by atoms with Crippen molar-refractivity contribution in [1.29, 1.82) is 0 Å². The van der Waals surface area contributed by atoms with Crippen LogP contribution in [0.3, 0.4) is 0 Å². The Morgan fingerprint density at radius 1 is 1.03 bits per heavy atom. The molecule has 0 saturated carbocycles. The van der Waals surface area contributed by atoms with Gasteiger partial charge in [-0.2, -0.15) is 8.78 Å². The van der Waals surface area contributed by atoms with E-state index in [0.29, 0.717) is 5.82 Å². The Kier molecular flexibility index (Phi) is 6.95. The fourth-order valence-electron chi connectivity index (χ4n) is 3.66. The molecule has 1 fully saturated rings. The monoisotopic (exact) mass is 469 g/mol. The average Bonchev–Trinajstić information content (AvgIpc) is 3.36. The molecule has 2 aromatic carbocycles. The molecule has 0 radical (unpaired) electrons. The molecule has 1 N–H and O–H groups in total. The Balaban J connectivity index is 1.40. The maximum Gasteiger partial charge on any atom is 0.387 e. The number of nitrogens with one attached hydrogen (secondary N) is 1. The van der Waals surface area contributed by atoms with Gasteiger partial charge < -0.3 is 14.4 Å². The predicted molar refractivity (Wildman–Crippen MR) is 119 cm³/mol. The third-order valence-corrected chi connectivity index (χ3v) is 5.26. The molecule has 1 aromatic heterocycles. The van der Waals surface area contributed by atoms with Crippen molar-refractivity contribution in [3.05, 3.63) is 65.7 Å². The molecular formula is C24H21F2N3O5. The Bertz CT molecular complexity index is 1210. The first-order chi connectivity index (χ1) is 16.4. The molecule has 176 valence electrons. The number of anilines is 1. The van der Waals surface area contributed by atoms with Crippen molar-refractivity contribution in [3.63, 3.8) is 0 Å². The number of rotatable bonds is 7. The first kappa shape index (κ1) is 23.1. The number of halogens is 2. The van der Waals surface area contributed by atoms with Crippen LogP contribution in [0, 0.1) is 0 Å². The van der Waals surface area contributed by atoms with Gasteiger partial charge in [-0.05, 0) is 49.2 Å². The molecule has 10 heteroatoms. The number of benzene rings is 2. The van der Waals surface area contributed by atoms with E-state index < -0.39 is 31.0 Å². The summed E-state index contributed by atoms with van der Waals surface area (Å²) in [6, 6.07) is 13.9. The molecule has 0 unspecified atom stereocenters. The van der Waals surface area contributed by atoms with Gasteiger partial charge in [0.25, 0.3) is 11.8 Å². The number of hydrogen-bond donors (Lipinski definition) is 1. The molecule has 0 spiro atoms. The van der Waals surface area contributed by atoms with E-state index in [1.165, 1.54) is 24.3 Å². The Morgan fingerprint density at radius 3 is 2.44 bits per heavy atom. The van der Waals surface area contributed by atoms with Crippen LogP contribution < -0.4 is 15.0 Å². The minimum absolute atomic E-state index is 0.0522. The molecule has 1 aliphatic rings. The van der Waals surface area contributed by atoms with Gasteiger partial charge in [0.15, 0.2) is 6.61 Å². The van der Waals surface area contributed by atoms with Crippen molar-refractivity contribution >= 4 is 34.5 Å². The quantitative estimate of drug-likeness (QED) is 0.529. The highest BCUT2D eigenvalue weighted by Gasteiger charge is 2.24. The number of alkyl halides is 2. The summed E-state index contributed by atoms with van der Waals surface area (Å²) in [5.74, 6) is -1.94. The lowest BCUT2D eigenvalue weighted by Gasteiger charge is -2.20. The second-order valence-electron chi connectivity index (χ2n) is 7.60. The number of para-hydroxylation sites is 1. The van der Waals surface area contributed by atoms with Crippen LogP contribution in [0.25, 0.3) is 10.9 Å². The lowest BCUT2D eigenvalue weighted by Crippen LogP contribution is -2.34. The van der Waals surface area contributed by atoms with Gasteiger partial charge in [0.1, 0.15) is 17.1 Å². The summed E-state index contributed by atoms with van der Waals surface area (Å²) in [6.07, 6.45) is 1.98. The van der Waals surface area contributed by atoms with Gasteiger partial charge in [-0.15, -0.1) is 0 Å². The van der Waals surface area contributed by atoms with Crippen LogP contribution in [0.15, 0.2) is 54.6 Å². The van der Waals surface area contributed by atoms with Crippen LogP contribution in [0.5, 0.6) is 5.75 Å². The SMILES string of the molecule is O=C(COC(=O)c1cc2ccccc2nc1N1CCCC1)NC(=O)c1ccc(OC(F)F)cc1. The molecule has 0 bridgehead atoms. The van der Waals surface area contributed by atoms with Crippen LogP contribution in [-0.2, 0) is 9.53 Å². The number of fused-ring (bicyclic) bond motifs is 1. The molecule has 8 nitrogen and oxygen atoms in total. The van der Waals surface area contributed by atoms with E-state index >= 15 is 0 Å². The molecule has 4 rings (SSSR count). The van der Waals surface area contributed by atoms with Crippen LogP contribution >= 0.6 is 0 Å². The van der Waals surface area contributed by atoms with Gasteiger partial charge in [-0.25, -0.2) is 9.78 Å². The molecule has 34 heavy (non-hydrogen) atoms. The number of carbonyl (C=O) groups is 3. The average molecular weight is 469 g/mol. The van der Waals surface area contributed by atoms with Gasteiger partial charge in [0, 0.05) is 24.0 Å². The van der Waals surface area contributed by atoms with E-state index in [1.807, 2.05) is 29.2 Å². The summed E-state index contributed by atoms with van der Waals surface area (Å²) in [5, 5.41) is 2.85. The molecule has 0 aliphatic carbocycles. The van der Waals surface area contributed by atoms with Gasteiger partial charge in [-0.3, -0.25) is 14.9 Å². The number of esters is 1. The predicted octanol–water partition coefficient (Wildman–Crippen LogP) is 3.55. The minimum Gasteiger partial charge on any atom is -0.452 e. The number of pyridine rings is 1. The Morgan fingerprint density at radius 2 is 1.74 bits per heavy atom. The Hall–Kier alpha value is -4.08. The van der Waals surface area contributed by atoms with Crippen molar-refractivity contribution in [2.45, 2.75) is 19.5 Å². The van der Waals surface area contributed by atoms with Crippen LogP contribution in [-0.4, -0.2) is 49.1 Å². The van der Waals surface area contributed by atoms with E-state index in [-0.39, 0.29) is 16.9 Å². The third-order valence-electron chi connectivity index (χ3n) is 5.26. The standard InChI is InChI=1S/C24H21F2N3O5/c25-24(26)34-17-9-7-15(8-10-17)22(31)28-20(30)14-33-23(32)18-13-16-5-1-2-6-19(16)27-21(18)29-11-3-4-12-29/h1-2,5-10,13,24H,3-4,11-12,14H2,(H,28,30,31). The zero-order chi connectivity index (χ0) is 24.1. The first-order valence-electron chi connectivity index (χ1n) is 10.6. The summed E-state index contributed by atoms with van der Waals surface area (Å²) in [7, 11) is 0. The van der Waals surface area contributed by atoms with Gasteiger partial charge in [-0.1, -0.05) is 18.2 Å². The van der Waals surface area contributed by atoms with Gasteiger partial charge in [0.05, 0.1) is 5.52 Å². The maximum atomic E-state index is 12.8. The summed E-state index contributed by atoms with van der Waals surface area (Å²) in [4.78, 5) is 43.8. The maximum absolute atomic E-state index is 12.8. The largest absolute Gasteiger partial charge is 0.452 e. The van der Waals surface area contributed by atoms with Gasteiger partial charge >= 0.3 is 12.6 Å².